The normalized spacial score (nSPS) is 10.4. The van der Waals surface area contributed by atoms with Crippen LogP contribution in [-0.2, 0) is 16.0 Å². The van der Waals surface area contributed by atoms with Crippen LogP contribution in [0.5, 0.6) is 5.75 Å². The SMILES string of the molecule is CCOC(=O)CCCCCOc1ccc(CCN)cc1F. The smallest absolute Gasteiger partial charge is 0.305 e. The van der Waals surface area contributed by atoms with E-state index in [0.29, 0.717) is 32.6 Å². The molecule has 0 atom stereocenters. The van der Waals surface area contributed by atoms with Crippen LogP contribution in [0.3, 0.4) is 0 Å². The number of hydrogen-bond donors (Lipinski definition) is 1. The summed E-state index contributed by atoms with van der Waals surface area (Å²) in [6, 6.07) is 4.92. The first-order valence-electron chi connectivity index (χ1n) is 7.44. The minimum absolute atomic E-state index is 0.167. The maximum absolute atomic E-state index is 13.7. The number of carbonyl (C=O) groups is 1. The van der Waals surface area contributed by atoms with Crippen molar-refractivity contribution in [2.24, 2.45) is 5.73 Å². The van der Waals surface area contributed by atoms with Gasteiger partial charge in [-0.1, -0.05) is 6.07 Å². The molecule has 0 aliphatic rings. The van der Waals surface area contributed by atoms with E-state index in [-0.39, 0.29) is 17.5 Å². The molecule has 118 valence electrons. The van der Waals surface area contributed by atoms with E-state index in [0.717, 1.165) is 24.8 Å². The van der Waals surface area contributed by atoms with Crippen LogP contribution in [0.15, 0.2) is 18.2 Å². The Hall–Kier alpha value is -1.62. The van der Waals surface area contributed by atoms with Crippen LogP contribution in [0.4, 0.5) is 4.39 Å². The van der Waals surface area contributed by atoms with E-state index in [1.165, 1.54) is 6.07 Å². The predicted octanol–water partition coefficient (Wildman–Crippen LogP) is 2.83. The first kappa shape index (κ1) is 17.4. The Morgan fingerprint density at radius 3 is 2.76 bits per heavy atom. The van der Waals surface area contributed by atoms with Crippen LogP contribution in [0.25, 0.3) is 0 Å². The molecular formula is C16H24FNO3. The van der Waals surface area contributed by atoms with Gasteiger partial charge in [0.25, 0.3) is 0 Å². The number of benzene rings is 1. The quantitative estimate of drug-likeness (QED) is 0.533. The second-order valence-electron chi connectivity index (χ2n) is 4.77. The summed E-state index contributed by atoms with van der Waals surface area (Å²) in [4.78, 5) is 11.1. The topological polar surface area (TPSA) is 61.5 Å². The van der Waals surface area contributed by atoms with E-state index < -0.39 is 0 Å². The van der Waals surface area contributed by atoms with Crippen molar-refractivity contribution in [1.29, 1.82) is 0 Å². The number of unbranched alkanes of at least 4 members (excludes halogenated alkanes) is 2. The van der Waals surface area contributed by atoms with Crippen LogP contribution in [0.1, 0.15) is 38.2 Å². The maximum Gasteiger partial charge on any atom is 0.305 e. The fraction of sp³-hybridized carbons (Fsp3) is 0.562. The van der Waals surface area contributed by atoms with Crippen molar-refractivity contribution in [2.75, 3.05) is 19.8 Å². The monoisotopic (exact) mass is 297 g/mol. The molecule has 0 aliphatic carbocycles. The van der Waals surface area contributed by atoms with Gasteiger partial charge in [0.05, 0.1) is 13.2 Å². The number of esters is 1. The van der Waals surface area contributed by atoms with Gasteiger partial charge in [0.15, 0.2) is 11.6 Å². The molecule has 0 heterocycles. The summed E-state index contributed by atoms with van der Waals surface area (Å²) >= 11 is 0. The summed E-state index contributed by atoms with van der Waals surface area (Å²) in [5.41, 5.74) is 6.30. The molecule has 1 aromatic carbocycles. The summed E-state index contributed by atoms with van der Waals surface area (Å²) < 4.78 is 24.0. The van der Waals surface area contributed by atoms with Gasteiger partial charge in [0.1, 0.15) is 0 Å². The lowest BCUT2D eigenvalue weighted by Crippen LogP contribution is -2.05. The molecule has 21 heavy (non-hydrogen) atoms. The lowest BCUT2D eigenvalue weighted by molar-refractivity contribution is -0.143. The molecular weight excluding hydrogens is 273 g/mol. The van der Waals surface area contributed by atoms with E-state index in [9.17, 15) is 9.18 Å². The largest absolute Gasteiger partial charge is 0.491 e. The van der Waals surface area contributed by atoms with Crippen LogP contribution in [0, 0.1) is 5.82 Å². The molecule has 4 nitrogen and oxygen atoms in total. The van der Waals surface area contributed by atoms with Crippen molar-refractivity contribution in [2.45, 2.75) is 39.0 Å². The number of carbonyl (C=O) groups excluding carboxylic acids is 1. The van der Waals surface area contributed by atoms with Crippen molar-refractivity contribution >= 4 is 5.97 Å². The van der Waals surface area contributed by atoms with Gasteiger partial charge in [-0.15, -0.1) is 0 Å². The van der Waals surface area contributed by atoms with E-state index in [4.69, 9.17) is 15.2 Å². The number of hydrogen-bond acceptors (Lipinski definition) is 4. The Morgan fingerprint density at radius 2 is 2.10 bits per heavy atom. The van der Waals surface area contributed by atoms with Crippen LogP contribution in [0.2, 0.25) is 0 Å². The Bertz CT molecular complexity index is 438. The van der Waals surface area contributed by atoms with Crippen molar-refractivity contribution in [3.63, 3.8) is 0 Å². The lowest BCUT2D eigenvalue weighted by atomic mass is 10.1. The molecule has 0 aromatic heterocycles. The highest BCUT2D eigenvalue weighted by Crippen LogP contribution is 2.19. The average molecular weight is 297 g/mol. The minimum Gasteiger partial charge on any atom is -0.491 e. The first-order chi connectivity index (χ1) is 10.2. The summed E-state index contributed by atoms with van der Waals surface area (Å²) in [5.74, 6) is -0.256. The molecule has 0 bridgehead atoms. The third-order valence-electron chi connectivity index (χ3n) is 3.02. The zero-order valence-corrected chi connectivity index (χ0v) is 12.6. The molecule has 5 heteroatoms. The summed E-state index contributed by atoms with van der Waals surface area (Å²) in [5, 5.41) is 0. The highest BCUT2D eigenvalue weighted by molar-refractivity contribution is 5.69. The zero-order valence-electron chi connectivity index (χ0n) is 12.6. The summed E-state index contributed by atoms with van der Waals surface area (Å²) in [6.45, 7) is 3.15. The number of ether oxygens (including phenoxy) is 2. The van der Waals surface area contributed by atoms with Crippen LogP contribution in [-0.4, -0.2) is 25.7 Å². The Labute approximate surface area is 125 Å². The molecule has 0 unspecified atom stereocenters. The standard InChI is InChI=1S/C16H24FNO3/c1-2-20-16(19)6-4-3-5-11-21-15-8-7-13(9-10-18)12-14(15)17/h7-8,12H,2-6,9-11,18H2,1H3. The molecule has 1 rings (SSSR count). The van der Waals surface area contributed by atoms with Gasteiger partial charge in [0, 0.05) is 6.42 Å². The Morgan fingerprint density at radius 1 is 1.29 bits per heavy atom. The third-order valence-corrected chi connectivity index (χ3v) is 3.02. The Kier molecular flexibility index (Phi) is 8.43. The fourth-order valence-electron chi connectivity index (χ4n) is 1.95. The highest BCUT2D eigenvalue weighted by Gasteiger charge is 2.05. The predicted molar refractivity (Wildman–Crippen MR) is 79.8 cm³/mol. The van der Waals surface area contributed by atoms with Crippen molar-refractivity contribution in [3.05, 3.63) is 29.6 Å². The van der Waals surface area contributed by atoms with Crippen molar-refractivity contribution in [1.82, 2.24) is 0 Å². The minimum atomic E-state index is -0.354. The van der Waals surface area contributed by atoms with Gasteiger partial charge >= 0.3 is 5.97 Å². The molecule has 0 aliphatic heterocycles. The van der Waals surface area contributed by atoms with Gasteiger partial charge in [-0.25, -0.2) is 4.39 Å². The fourth-order valence-corrected chi connectivity index (χ4v) is 1.95. The van der Waals surface area contributed by atoms with Gasteiger partial charge < -0.3 is 15.2 Å². The van der Waals surface area contributed by atoms with E-state index in [1.807, 2.05) is 6.07 Å². The van der Waals surface area contributed by atoms with Crippen LogP contribution < -0.4 is 10.5 Å². The average Bonchev–Trinajstić information content (AvgIpc) is 2.45. The number of rotatable bonds is 10. The highest BCUT2D eigenvalue weighted by atomic mass is 19.1. The van der Waals surface area contributed by atoms with Gasteiger partial charge in [0.2, 0.25) is 0 Å². The van der Waals surface area contributed by atoms with E-state index >= 15 is 0 Å². The molecule has 0 saturated heterocycles. The molecule has 0 radical (unpaired) electrons. The van der Waals surface area contributed by atoms with Crippen LogP contribution >= 0.6 is 0 Å². The van der Waals surface area contributed by atoms with Crippen molar-refractivity contribution in [3.8, 4) is 5.75 Å². The van der Waals surface area contributed by atoms with E-state index in [2.05, 4.69) is 0 Å². The lowest BCUT2D eigenvalue weighted by Gasteiger charge is -2.08. The second kappa shape index (κ2) is 10.2. The van der Waals surface area contributed by atoms with Gasteiger partial charge in [-0.3, -0.25) is 4.79 Å². The summed E-state index contributed by atoms with van der Waals surface area (Å²) in [6.07, 6.45) is 3.48. The second-order valence-corrected chi connectivity index (χ2v) is 4.77. The molecule has 0 saturated carbocycles. The van der Waals surface area contributed by atoms with Crippen molar-refractivity contribution < 1.29 is 18.7 Å². The molecule has 0 fully saturated rings. The number of nitrogens with two attached hydrogens (primary N) is 1. The maximum atomic E-state index is 13.7. The van der Waals surface area contributed by atoms with E-state index in [1.54, 1.807) is 13.0 Å². The Balaban J connectivity index is 2.19. The van der Waals surface area contributed by atoms with Gasteiger partial charge in [-0.05, 0) is 56.8 Å². The van der Waals surface area contributed by atoms with Gasteiger partial charge in [-0.2, -0.15) is 0 Å². The molecule has 0 spiro atoms. The molecule has 2 N–H and O–H groups in total. The summed E-state index contributed by atoms with van der Waals surface area (Å²) in [7, 11) is 0. The molecule has 0 amide bonds. The molecule has 1 aromatic rings. The number of halogens is 1. The zero-order chi connectivity index (χ0) is 15.5. The first-order valence-corrected chi connectivity index (χ1v) is 7.44. The third kappa shape index (κ3) is 7.09.